The first-order chi connectivity index (χ1) is 16.2. The maximum atomic E-state index is 13.3. The fourth-order valence-electron chi connectivity index (χ4n) is 4.31. The number of benzene rings is 1. The zero-order valence-electron chi connectivity index (χ0n) is 18.8. The van der Waals surface area contributed by atoms with Crippen LogP contribution in [0.5, 0.6) is 0 Å². The van der Waals surface area contributed by atoms with Crippen molar-refractivity contribution in [1.82, 2.24) is 19.0 Å². The van der Waals surface area contributed by atoms with Gasteiger partial charge in [-0.25, -0.2) is 4.98 Å². The molecule has 0 bridgehead atoms. The quantitative estimate of drug-likeness (QED) is 0.479. The van der Waals surface area contributed by atoms with Crippen molar-refractivity contribution < 1.29 is 31.1 Å². The number of hydrogen-bond acceptors (Lipinski definition) is 3. The van der Waals surface area contributed by atoms with E-state index in [-0.39, 0.29) is 29.6 Å². The van der Waals surface area contributed by atoms with Gasteiger partial charge in [0, 0.05) is 18.8 Å². The Morgan fingerprint density at radius 3 is 2.11 bits per heavy atom. The molecule has 0 radical (unpaired) electrons. The highest BCUT2D eigenvalue weighted by Crippen LogP contribution is 2.39. The van der Waals surface area contributed by atoms with Crippen molar-refractivity contribution in [3.63, 3.8) is 0 Å². The fourth-order valence-corrected chi connectivity index (χ4v) is 4.31. The predicted molar refractivity (Wildman–Crippen MR) is 113 cm³/mol. The monoisotopic (exact) mass is 498 g/mol. The van der Waals surface area contributed by atoms with E-state index < -0.39 is 47.0 Å². The standard InChI is InChI=1S/C23H20F6N4O2/c1-12-9-31(11-30-12)18-4-5-19-21(35)33(13(2)10-32(19)20(18)34)14(3)15-6-16(22(24,25)26)8-17(7-15)23(27,28)29/h4-9,11,13-14H,10H2,1-3H3. The van der Waals surface area contributed by atoms with Crippen LogP contribution in [0.3, 0.4) is 0 Å². The summed E-state index contributed by atoms with van der Waals surface area (Å²) in [7, 11) is 0. The van der Waals surface area contributed by atoms with E-state index in [0.29, 0.717) is 17.8 Å². The molecule has 3 heterocycles. The van der Waals surface area contributed by atoms with E-state index in [4.69, 9.17) is 0 Å². The zero-order chi connectivity index (χ0) is 25.9. The minimum atomic E-state index is -5.00. The number of pyridine rings is 1. The molecule has 3 aromatic rings. The van der Waals surface area contributed by atoms with Crippen LogP contribution in [-0.2, 0) is 18.9 Å². The van der Waals surface area contributed by atoms with Crippen molar-refractivity contribution in [2.45, 2.75) is 51.8 Å². The molecule has 1 aliphatic heterocycles. The highest BCUT2D eigenvalue weighted by atomic mass is 19.4. The third kappa shape index (κ3) is 4.44. The molecule has 186 valence electrons. The van der Waals surface area contributed by atoms with Gasteiger partial charge < -0.3 is 14.0 Å². The Balaban J connectivity index is 1.76. The van der Waals surface area contributed by atoms with Gasteiger partial charge in [0.05, 0.1) is 29.2 Å². The van der Waals surface area contributed by atoms with Crippen molar-refractivity contribution in [1.29, 1.82) is 0 Å². The number of aryl methyl sites for hydroxylation is 1. The second-order valence-electron chi connectivity index (χ2n) is 8.52. The van der Waals surface area contributed by atoms with Gasteiger partial charge in [0.25, 0.3) is 11.5 Å². The SMILES string of the molecule is Cc1cn(-c2ccc3n(c2=O)CC(C)N(C(C)c2cc(C(F)(F)F)cc(C(F)(F)F)c2)C3=O)cn1. The molecule has 2 unspecified atom stereocenters. The normalized spacial score (nSPS) is 17.5. The number of rotatable bonds is 3. The van der Waals surface area contributed by atoms with Gasteiger partial charge in [0.2, 0.25) is 0 Å². The summed E-state index contributed by atoms with van der Waals surface area (Å²) in [5, 5.41) is 0. The molecule has 1 aromatic carbocycles. The van der Waals surface area contributed by atoms with E-state index in [1.165, 1.54) is 39.4 Å². The molecular formula is C23H20F6N4O2. The largest absolute Gasteiger partial charge is 0.416 e. The topological polar surface area (TPSA) is 60.1 Å². The van der Waals surface area contributed by atoms with Crippen molar-refractivity contribution >= 4 is 5.91 Å². The van der Waals surface area contributed by atoms with Gasteiger partial charge >= 0.3 is 12.4 Å². The average molecular weight is 498 g/mol. The number of nitrogens with zero attached hydrogens (tertiary/aromatic N) is 4. The lowest BCUT2D eigenvalue weighted by molar-refractivity contribution is -0.143. The van der Waals surface area contributed by atoms with Crippen molar-refractivity contribution in [2.24, 2.45) is 0 Å². The Kier molecular flexibility index (Phi) is 5.81. The van der Waals surface area contributed by atoms with Crippen molar-refractivity contribution in [3.05, 3.63) is 81.3 Å². The highest BCUT2D eigenvalue weighted by molar-refractivity contribution is 5.94. The van der Waals surface area contributed by atoms with Crippen LogP contribution in [0.25, 0.3) is 5.69 Å². The first-order valence-electron chi connectivity index (χ1n) is 10.6. The predicted octanol–water partition coefficient (Wildman–Crippen LogP) is 4.99. The van der Waals surface area contributed by atoms with Crippen LogP contribution in [0, 0.1) is 6.92 Å². The van der Waals surface area contributed by atoms with Crippen LogP contribution < -0.4 is 5.56 Å². The van der Waals surface area contributed by atoms with E-state index in [9.17, 15) is 35.9 Å². The molecule has 6 nitrogen and oxygen atoms in total. The molecule has 1 aliphatic rings. The van der Waals surface area contributed by atoms with Crippen LogP contribution in [0.15, 0.2) is 47.7 Å². The molecule has 0 saturated carbocycles. The molecule has 0 spiro atoms. The Bertz CT molecular complexity index is 1320. The summed E-state index contributed by atoms with van der Waals surface area (Å²) in [5.41, 5.74) is -2.77. The Morgan fingerprint density at radius 2 is 1.60 bits per heavy atom. The van der Waals surface area contributed by atoms with Gasteiger partial charge in [-0.2, -0.15) is 26.3 Å². The number of aromatic nitrogens is 3. The third-order valence-corrected chi connectivity index (χ3v) is 6.03. The van der Waals surface area contributed by atoms with E-state index in [1.54, 1.807) is 20.0 Å². The summed E-state index contributed by atoms with van der Waals surface area (Å²) < 4.78 is 82.7. The van der Waals surface area contributed by atoms with Crippen LogP contribution >= 0.6 is 0 Å². The average Bonchev–Trinajstić information content (AvgIpc) is 3.19. The maximum absolute atomic E-state index is 13.3. The van der Waals surface area contributed by atoms with Crippen LogP contribution in [-0.4, -0.2) is 31.0 Å². The highest BCUT2D eigenvalue weighted by Gasteiger charge is 2.40. The van der Waals surface area contributed by atoms with Crippen molar-refractivity contribution in [2.75, 3.05) is 0 Å². The molecule has 4 rings (SSSR count). The van der Waals surface area contributed by atoms with Gasteiger partial charge in [-0.3, -0.25) is 9.59 Å². The Labute approximate surface area is 195 Å². The number of alkyl halides is 6. The number of halogens is 6. The summed E-state index contributed by atoms with van der Waals surface area (Å²) in [6, 6.07) is 2.31. The molecular weight excluding hydrogens is 478 g/mol. The summed E-state index contributed by atoms with van der Waals surface area (Å²) in [5.74, 6) is -0.673. The molecule has 0 fully saturated rings. The summed E-state index contributed by atoms with van der Waals surface area (Å²) in [6.07, 6.45) is -6.92. The summed E-state index contributed by atoms with van der Waals surface area (Å²) in [4.78, 5) is 31.6. The Hall–Kier alpha value is -3.57. The van der Waals surface area contributed by atoms with Gasteiger partial charge in [0.1, 0.15) is 11.4 Å². The molecule has 1 amide bonds. The molecule has 0 N–H and O–H groups in total. The molecule has 0 aliphatic carbocycles. The lowest BCUT2D eigenvalue weighted by Crippen LogP contribution is -2.50. The molecule has 0 saturated heterocycles. The molecule has 2 aromatic heterocycles. The Morgan fingerprint density at radius 1 is 1.00 bits per heavy atom. The van der Waals surface area contributed by atoms with Crippen LogP contribution in [0.2, 0.25) is 0 Å². The van der Waals surface area contributed by atoms with E-state index in [1.807, 2.05) is 0 Å². The smallest absolute Gasteiger partial charge is 0.326 e. The van der Waals surface area contributed by atoms with Gasteiger partial charge in [-0.1, -0.05) is 0 Å². The number of carbonyl (C=O) groups excluding carboxylic acids is 1. The second-order valence-corrected chi connectivity index (χ2v) is 8.52. The van der Waals surface area contributed by atoms with Crippen LogP contribution in [0.4, 0.5) is 26.3 Å². The van der Waals surface area contributed by atoms with Crippen molar-refractivity contribution in [3.8, 4) is 5.69 Å². The second kappa shape index (κ2) is 8.28. The minimum Gasteiger partial charge on any atom is -0.326 e. The molecule has 2 atom stereocenters. The van der Waals surface area contributed by atoms with E-state index in [0.717, 1.165) is 0 Å². The van der Waals surface area contributed by atoms with Crippen LogP contribution in [0.1, 0.15) is 52.8 Å². The van der Waals surface area contributed by atoms with E-state index >= 15 is 0 Å². The summed E-state index contributed by atoms with van der Waals surface area (Å²) in [6.45, 7) is 4.70. The number of fused-ring (bicyclic) bond motifs is 1. The number of amides is 1. The fraction of sp³-hybridized carbons (Fsp3) is 0.348. The number of hydrogen-bond donors (Lipinski definition) is 0. The maximum Gasteiger partial charge on any atom is 0.416 e. The zero-order valence-corrected chi connectivity index (χ0v) is 18.8. The lowest BCUT2D eigenvalue weighted by atomic mass is 9.97. The first kappa shape index (κ1) is 24.6. The minimum absolute atomic E-state index is 0.0106. The number of imidazole rings is 1. The molecule has 12 heteroatoms. The van der Waals surface area contributed by atoms with Gasteiger partial charge in [-0.15, -0.1) is 0 Å². The molecule has 35 heavy (non-hydrogen) atoms. The summed E-state index contributed by atoms with van der Waals surface area (Å²) >= 11 is 0. The van der Waals surface area contributed by atoms with E-state index in [2.05, 4.69) is 4.98 Å². The van der Waals surface area contributed by atoms with Gasteiger partial charge in [0.15, 0.2) is 0 Å². The van der Waals surface area contributed by atoms with Gasteiger partial charge in [-0.05, 0) is 56.7 Å². The lowest BCUT2D eigenvalue weighted by Gasteiger charge is -2.40. The first-order valence-corrected chi connectivity index (χ1v) is 10.6. The third-order valence-electron chi connectivity index (χ3n) is 6.03. The number of carbonyl (C=O) groups is 1.